The number of benzene rings is 1. The first-order valence-electron chi connectivity index (χ1n) is 13.7. The Hall–Kier alpha value is -2.59. The molecular weight excluding hydrogens is 454 g/mol. The van der Waals surface area contributed by atoms with E-state index in [-0.39, 0.29) is 11.8 Å². The molecule has 7 nitrogen and oxygen atoms in total. The van der Waals surface area contributed by atoms with Gasteiger partial charge in [-0.25, -0.2) is 0 Å². The van der Waals surface area contributed by atoms with E-state index < -0.39 is 16.8 Å². The zero-order valence-corrected chi connectivity index (χ0v) is 21.9. The van der Waals surface area contributed by atoms with Crippen molar-refractivity contribution in [3.05, 3.63) is 29.8 Å². The first kappa shape index (κ1) is 26.5. The van der Waals surface area contributed by atoms with Crippen LogP contribution in [0, 0.1) is 22.7 Å². The van der Waals surface area contributed by atoms with Gasteiger partial charge in [-0.05, 0) is 77.4 Å². The van der Waals surface area contributed by atoms with E-state index in [1.54, 1.807) is 0 Å². The van der Waals surface area contributed by atoms with Crippen molar-refractivity contribution in [3.8, 4) is 11.8 Å². The molecule has 0 radical (unpaired) electrons. The summed E-state index contributed by atoms with van der Waals surface area (Å²) in [5.41, 5.74) is -0.335. The number of carbonyl (C=O) groups is 2. The van der Waals surface area contributed by atoms with Crippen LogP contribution in [0.3, 0.4) is 0 Å². The Kier molecular flexibility index (Phi) is 8.24. The number of carbonyl (C=O) groups excluding carboxylic acids is 1. The zero-order chi connectivity index (χ0) is 25.8. The summed E-state index contributed by atoms with van der Waals surface area (Å²) >= 11 is 0. The van der Waals surface area contributed by atoms with Crippen molar-refractivity contribution >= 4 is 11.9 Å². The number of para-hydroxylation sites is 1. The van der Waals surface area contributed by atoms with E-state index in [4.69, 9.17) is 4.74 Å². The summed E-state index contributed by atoms with van der Waals surface area (Å²) in [5, 5.41) is 19.7. The highest BCUT2D eigenvalue weighted by atomic mass is 16.5. The molecule has 1 aliphatic carbocycles. The molecule has 2 unspecified atom stereocenters. The Bertz CT molecular complexity index is 975. The second-order valence-corrected chi connectivity index (χ2v) is 11.1. The fraction of sp³-hybridized carbons (Fsp3) is 0.690. The number of ether oxygens (including phenoxy) is 1. The van der Waals surface area contributed by atoms with Crippen LogP contribution in [0.15, 0.2) is 24.3 Å². The molecule has 0 bridgehead atoms. The third kappa shape index (κ3) is 5.39. The Morgan fingerprint density at radius 1 is 1.17 bits per heavy atom. The molecule has 1 saturated carbocycles. The van der Waals surface area contributed by atoms with Crippen molar-refractivity contribution in [3.63, 3.8) is 0 Å². The number of rotatable bonds is 10. The van der Waals surface area contributed by atoms with Gasteiger partial charge in [-0.3, -0.25) is 9.59 Å². The van der Waals surface area contributed by atoms with Gasteiger partial charge in [0.1, 0.15) is 5.75 Å². The second-order valence-electron chi connectivity index (χ2n) is 11.1. The van der Waals surface area contributed by atoms with E-state index in [1.807, 2.05) is 29.2 Å². The minimum absolute atomic E-state index is 0.0504. The number of likely N-dealkylation sites (tertiary alicyclic amines) is 2. The zero-order valence-electron chi connectivity index (χ0n) is 21.9. The average molecular weight is 496 g/mol. The van der Waals surface area contributed by atoms with Gasteiger partial charge in [0.2, 0.25) is 5.91 Å². The Morgan fingerprint density at radius 3 is 2.53 bits per heavy atom. The highest BCUT2D eigenvalue weighted by Gasteiger charge is 2.49. The largest absolute Gasteiger partial charge is 0.493 e. The Labute approximate surface area is 215 Å². The molecule has 196 valence electrons. The van der Waals surface area contributed by atoms with Crippen LogP contribution >= 0.6 is 0 Å². The van der Waals surface area contributed by atoms with E-state index in [0.29, 0.717) is 57.2 Å². The third-order valence-corrected chi connectivity index (χ3v) is 8.87. The highest BCUT2D eigenvalue weighted by molar-refractivity contribution is 5.80. The van der Waals surface area contributed by atoms with Gasteiger partial charge < -0.3 is 19.6 Å². The fourth-order valence-electron chi connectivity index (χ4n) is 6.32. The van der Waals surface area contributed by atoms with Gasteiger partial charge in [0.15, 0.2) is 0 Å². The first-order valence-corrected chi connectivity index (χ1v) is 13.7. The standard InChI is InChI=1S/C29H41N3O4/c1-3-8-24-22(9-6-17-31(24)2)26(33)32-18-15-29(21-30,16-19-32)23-10-4-5-11-25(23)36-20-7-12-28(13-14-28)27(34)35/h4-5,10-11,22,24H,3,6-9,12-20H2,1-2H3,(H,34,35). The molecule has 2 atom stereocenters. The van der Waals surface area contributed by atoms with Gasteiger partial charge in [0, 0.05) is 24.7 Å². The monoisotopic (exact) mass is 495 g/mol. The van der Waals surface area contributed by atoms with E-state index in [1.165, 1.54) is 0 Å². The van der Waals surface area contributed by atoms with Gasteiger partial charge in [-0.15, -0.1) is 0 Å². The topological polar surface area (TPSA) is 93.9 Å². The lowest BCUT2D eigenvalue weighted by Crippen LogP contribution is -2.53. The van der Waals surface area contributed by atoms with E-state index in [2.05, 4.69) is 24.9 Å². The quantitative estimate of drug-likeness (QED) is 0.477. The highest BCUT2D eigenvalue weighted by Crippen LogP contribution is 2.50. The van der Waals surface area contributed by atoms with Gasteiger partial charge in [-0.1, -0.05) is 31.5 Å². The molecule has 2 aliphatic heterocycles. The predicted molar refractivity (Wildman–Crippen MR) is 138 cm³/mol. The van der Waals surface area contributed by atoms with Crippen LogP contribution in [0.1, 0.15) is 76.7 Å². The number of piperidine rings is 2. The summed E-state index contributed by atoms with van der Waals surface area (Å²) < 4.78 is 6.11. The minimum atomic E-state index is -0.700. The number of amides is 1. The van der Waals surface area contributed by atoms with Crippen molar-refractivity contribution in [1.82, 2.24) is 9.80 Å². The first-order chi connectivity index (χ1) is 17.4. The number of carboxylic acids is 1. The van der Waals surface area contributed by atoms with Crippen molar-refractivity contribution in [2.24, 2.45) is 11.3 Å². The number of hydrogen-bond acceptors (Lipinski definition) is 5. The van der Waals surface area contributed by atoms with Crippen LogP contribution in [0.4, 0.5) is 0 Å². The molecule has 1 aromatic carbocycles. The van der Waals surface area contributed by atoms with E-state index in [0.717, 1.165) is 50.6 Å². The van der Waals surface area contributed by atoms with Crippen molar-refractivity contribution in [2.45, 2.75) is 82.6 Å². The fourth-order valence-corrected chi connectivity index (χ4v) is 6.32. The van der Waals surface area contributed by atoms with Crippen LogP contribution in [0.2, 0.25) is 0 Å². The maximum atomic E-state index is 13.5. The number of hydrogen-bond donors (Lipinski definition) is 1. The van der Waals surface area contributed by atoms with Crippen molar-refractivity contribution < 1.29 is 19.4 Å². The smallest absolute Gasteiger partial charge is 0.309 e. The Morgan fingerprint density at radius 2 is 1.89 bits per heavy atom. The predicted octanol–water partition coefficient (Wildman–Crippen LogP) is 4.60. The molecule has 2 heterocycles. The summed E-state index contributed by atoms with van der Waals surface area (Å²) in [6, 6.07) is 10.6. The number of aliphatic carboxylic acids is 1. The lowest BCUT2D eigenvalue weighted by Gasteiger charge is -2.43. The molecule has 2 saturated heterocycles. The van der Waals surface area contributed by atoms with Crippen LogP contribution in [-0.2, 0) is 15.0 Å². The summed E-state index contributed by atoms with van der Waals surface area (Å²) in [6.07, 6.45) is 8.12. The van der Waals surface area contributed by atoms with Crippen LogP contribution < -0.4 is 4.74 Å². The molecule has 4 rings (SSSR count). The van der Waals surface area contributed by atoms with Crippen molar-refractivity contribution in [2.75, 3.05) is 33.3 Å². The summed E-state index contributed by atoms with van der Waals surface area (Å²) in [7, 11) is 2.14. The molecular formula is C29H41N3O4. The number of nitriles is 1. The number of nitrogens with zero attached hydrogens (tertiary/aromatic N) is 3. The molecule has 3 aliphatic rings. The molecule has 3 fully saturated rings. The van der Waals surface area contributed by atoms with Crippen LogP contribution in [0.25, 0.3) is 0 Å². The third-order valence-electron chi connectivity index (χ3n) is 8.87. The normalized spacial score (nSPS) is 25.1. The molecule has 0 aromatic heterocycles. The van der Waals surface area contributed by atoms with Gasteiger partial charge in [0.05, 0.1) is 29.4 Å². The maximum Gasteiger partial charge on any atom is 0.309 e. The molecule has 1 N–H and O–H groups in total. The number of carboxylic acid groups (broad SMARTS) is 1. The Balaban J connectivity index is 1.39. The van der Waals surface area contributed by atoms with Crippen molar-refractivity contribution in [1.29, 1.82) is 5.26 Å². The molecule has 1 amide bonds. The SMILES string of the molecule is CCCC1C(C(=O)N2CCC(C#N)(c3ccccc3OCCCC3(C(=O)O)CC3)CC2)CCCN1C. The van der Waals surface area contributed by atoms with Gasteiger partial charge in [-0.2, -0.15) is 5.26 Å². The molecule has 36 heavy (non-hydrogen) atoms. The summed E-state index contributed by atoms with van der Waals surface area (Å²) in [6.45, 7) is 4.84. The maximum absolute atomic E-state index is 13.5. The van der Waals surface area contributed by atoms with E-state index >= 15 is 0 Å². The second kappa shape index (κ2) is 11.2. The van der Waals surface area contributed by atoms with Gasteiger partial charge >= 0.3 is 5.97 Å². The average Bonchev–Trinajstić information content (AvgIpc) is 3.69. The minimum Gasteiger partial charge on any atom is -0.493 e. The lowest BCUT2D eigenvalue weighted by molar-refractivity contribution is -0.143. The lowest BCUT2D eigenvalue weighted by atomic mass is 9.73. The van der Waals surface area contributed by atoms with E-state index in [9.17, 15) is 20.0 Å². The summed E-state index contributed by atoms with van der Waals surface area (Å²) in [5.74, 6) is 0.308. The summed E-state index contributed by atoms with van der Waals surface area (Å²) in [4.78, 5) is 29.3. The molecule has 0 spiro atoms. The molecule has 7 heteroatoms. The van der Waals surface area contributed by atoms with Gasteiger partial charge in [0.25, 0.3) is 0 Å². The van der Waals surface area contributed by atoms with Crippen LogP contribution in [0.5, 0.6) is 5.75 Å². The molecule has 1 aromatic rings. The van der Waals surface area contributed by atoms with Crippen LogP contribution in [-0.4, -0.2) is 66.1 Å².